The second-order valence-corrected chi connectivity index (χ2v) is 6.51. The topological polar surface area (TPSA) is 23.5 Å². The van der Waals surface area contributed by atoms with Crippen molar-refractivity contribution in [1.82, 2.24) is 4.90 Å². The van der Waals surface area contributed by atoms with E-state index >= 15 is 0 Å². The maximum Gasteiger partial charge on any atom is 0.119 e. The molecule has 3 rings (SSSR count). The van der Waals surface area contributed by atoms with E-state index in [1.165, 1.54) is 43.5 Å². The molecule has 1 aliphatic carbocycles. The van der Waals surface area contributed by atoms with Crippen molar-refractivity contribution in [3.05, 3.63) is 29.3 Å². The summed E-state index contributed by atoms with van der Waals surface area (Å²) >= 11 is 0. The summed E-state index contributed by atoms with van der Waals surface area (Å²) in [6, 6.07) is 6.52. The molecule has 0 saturated carbocycles. The van der Waals surface area contributed by atoms with Crippen LogP contribution in [0.1, 0.15) is 50.3 Å². The van der Waals surface area contributed by atoms with Crippen LogP contribution in [0.4, 0.5) is 0 Å². The van der Waals surface area contributed by atoms with Gasteiger partial charge in [0.2, 0.25) is 0 Å². The Bertz CT molecular complexity index is 446. The van der Waals surface area contributed by atoms with Crippen LogP contribution in [-0.2, 0) is 6.42 Å². The number of fused-ring (bicyclic) bond motifs is 1. The van der Waals surface area contributed by atoms with Gasteiger partial charge in [-0.15, -0.1) is 0 Å². The number of benzene rings is 1. The number of piperidine rings is 1. The summed E-state index contributed by atoms with van der Waals surface area (Å²) in [7, 11) is 0. The molecule has 0 bridgehead atoms. The van der Waals surface area contributed by atoms with E-state index in [4.69, 9.17) is 0 Å². The summed E-state index contributed by atoms with van der Waals surface area (Å²) in [5.41, 5.74) is 2.78. The molecular weight excluding hydrogens is 222 g/mol. The number of phenolic OH excluding ortho intramolecular Hbond substituents is 1. The summed E-state index contributed by atoms with van der Waals surface area (Å²) in [6.07, 6.45) is 5.01. The monoisotopic (exact) mass is 245 g/mol. The highest BCUT2D eigenvalue weighted by Crippen LogP contribution is 2.51. The van der Waals surface area contributed by atoms with Crippen LogP contribution < -0.4 is 0 Å². The van der Waals surface area contributed by atoms with Crippen molar-refractivity contribution < 1.29 is 5.11 Å². The zero-order valence-electron chi connectivity index (χ0n) is 11.4. The van der Waals surface area contributed by atoms with Gasteiger partial charge in [0.25, 0.3) is 0 Å². The molecule has 2 nitrogen and oxygen atoms in total. The van der Waals surface area contributed by atoms with Crippen LogP contribution in [0.15, 0.2) is 18.2 Å². The van der Waals surface area contributed by atoms with Gasteiger partial charge >= 0.3 is 0 Å². The van der Waals surface area contributed by atoms with Gasteiger partial charge < -0.3 is 5.11 Å². The van der Waals surface area contributed by atoms with Crippen LogP contribution in [0.2, 0.25) is 0 Å². The Morgan fingerprint density at radius 2 is 1.89 bits per heavy atom. The smallest absolute Gasteiger partial charge is 0.119 e. The van der Waals surface area contributed by atoms with E-state index in [0.717, 1.165) is 6.42 Å². The first-order valence-electron chi connectivity index (χ1n) is 7.14. The standard InChI is InChI=1S/C16H23NO/c1-16(2)11-13-12(7-6-8-14(13)18)15(16)17-9-4-3-5-10-17/h6-8,15,18H,3-5,9-11H2,1-2H3. The number of rotatable bonds is 1. The lowest BCUT2D eigenvalue weighted by Crippen LogP contribution is -2.39. The van der Waals surface area contributed by atoms with Gasteiger partial charge in [0.15, 0.2) is 0 Å². The van der Waals surface area contributed by atoms with E-state index < -0.39 is 0 Å². The SMILES string of the molecule is CC1(C)Cc2c(O)cccc2C1N1CCCCC1. The predicted molar refractivity (Wildman–Crippen MR) is 73.8 cm³/mol. The van der Waals surface area contributed by atoms with Gasteiger partial charge in [-0.25, -0.2) is 0 Å². The van der Waals surface area contributed by atoms with Crippen molar-refractivity contribution >= 4 is 0 Å². The van der Waals surface area contributed by atoms with Crippen LogP contribution in [0.3, 0.4) is 0 Å². The molecule has 1 aromatic carbocycles. The fourth-order valence-electron chi connectivity index (χ4n) is 3.88. The molecule has 0 spiro atoms. The summed E-state index contributed by atoms with van der Waals surface area (Å²) in [6.45, 7) is 7.10. The molecule has 1 heterocycles. The Hall–Kier alpha value is -1.02. The van der Waals surface area contributed by atoms with Gasteiger partial charge in [-0.2, -0.15) is 0 Å². The fraction of sp³-hybridized carbons (Fsp3) is 0.625. The van der Waals surface area contributed by atoms with Gasteiger partial charge in [0, 0.05) is 6.04 Å². The zero-order valence-corrected chi connectivity index (χ0v) is 11.4. The Balaban J connectivity index is 2.00. The van der Waals surface area contributed by atoms with Crippen LogP contribution in [0.5, 0.6) is 5.75 Å². The van der Waals surface area contributed by atoms with Crippen molar-refractivity contribution in [2.75, 3.05) is 13.1 Å². The third kappa shape index (κ3) is 1.83. The second kappa shape index (κ2) is 4.27. The lowest BCUT2D eigenvalue weighted by atomic mass is 9.83. The number of nitrogens with zero attached hydrogens (tertiary/aromatic N) is 1. The molecule has 0 aromatic heterocycles. The maximum absolute atomic E-state index is 10.1. The minimum absolute atomic E-state index is 0.235. The van der Waals surface area contributed by atoms with Crippen LogP contribution in [-0.4, -0.2) is 23.1 Å². The van der Waals surface area contributed by atoms with Gasteiger partial charge in [0.1, 0.15) is 5.75 Å². The quantitative estimate of drug-likeness (QED) is 0.818. The van der Waals surface area contributed by atoms with E-state index in [-0.39, 0.29) is 5.41 Å². The summed E-state index contributed by atoms with van der Waals surface area (Å²) in [5, 5.41) is 10.1. The minimum Gasteiger partial charge on any atom is -0.508 e. The molecule has 18 heavy (non-hydrogen) atoms. The molecular formula is C16H23NO. The van der Waals surface area contributed by atoms with Crippen LogP contribution in [0.25, 0.3) is 0 Å². The average Bonchev–Trinajstić information content (AvgIpc) is 2.62. The number of hydrogen-bond donors (Lipinski definition) is 1. The first-order valence-corrected chi connectivity index (χ1v) is 7.14. The second-order valence-electron chi connectivity index (χ2n) is 6.51. The molecule has 1 saturated heterocycles. The Morgan fingerprint density at radius 3 is 2.61 bits per heavy atom. The summed E-state index contributed by atoms with van der Waals surface area (Å²) in [5.74, 6) is 0.486. The molecule has 1 fully saturated rings. The molecule has 0 amide bonds. The van der Waals surface area contributed by atoms with Crippen molar-refractivity contribution in [3.8, 4) is 5.75 Å². The Morgan fingerprint density at radius 1 is 1.17 bits per heavy atom. The molecule has 2 aliphatic rings. The van der Waals surface area contributed by atoms with Crippen LogP contribution in [0, 0.1) is 5.41 Å². The normalized spacial score (nSPS) is 27.1. The highest BCUT2D eigenvalue weighted by atomic mass is 16.3. The first-order chi connectivity index (χ1) is 8.59. The highest BCUT2D eigenvalue weighted by Gasteiger charge is 2.43. The first kappa shape index (κ1) is 12.0. The fourth-order valence-corrected chi connectivity index (χ4v) is 3.88. The van der Waals surface area contributed by atoms with E-state index in [1.54, 1.807) is 0 Å². The number of phenols is 1. The van der Waals surface area contributed by atoms with Gasteiger partial charge in [-0.3, -0.25) is 4.90 Å². The highest BCUT2D eigenvalue weighted by molar-refractivity contribution is 5.46. The van der Waals surface area contributed by atoms with E-state index in [9.17, 15) is 5.11 Å². The third-order valence-corrected chi connectivity index (χ3v) is 4.61. The Labute approximate surface area is 110 Å². The molecule has 1 unspecified atom stereocenters. The largest absolute Gasteiger partial charge is 0.508 e. The Kier molecular flexibility index (Phi) is 2.86. The molecule has 0 radical (unpaired) electrons. The van der Waals surface area contributed by atoms with E-state index in [2.05, 4.69) is 24.8 Å². The number of hydrogen-bond acceptors (Lipinski definition) is 2. The predicted octanol–water partition coefficient (Wildman–Crippen LogP) is 3.50. The van der Waals surface area contributed by atoms with E-state index in [0.29, 0.717) is 11.8 Å². The summed E-state index contributed by atoms with van der Waals surface area (Å²) in [4.78, 5) is 2.63. The maximum atomic E-state index is 10.1. The summed E-state index contributed by atoms with van der Waals surface area (Å²) < 4.78 is 0. The lowest BCUT2D eigenvalue weighted by molar-refractivity contribution is 0.0826. The minimum atomic E-state index is 0.235. The van der Waals surface area contributed by atoms with Crippen molar-refractivity contribution in [2.24, 2.45) is 5.41 Å². The van der Waals surface area contributed by atoms with Crippen molar-refractivity contribution in [1.29, 1.82) is 0 Å². The van der Waals surface area contributed by atoms with Crippen LogP contribution >= 0.6 is 0 Å². The molecule has 2 heteroatoms. The third-order valence-electron chi connectivity index (χ3n) is 4.61. The molecule has 1 aromatic rings. The lowest BCUT2D eigenvalue weighted by Gasteiger charge is -2.40. The molecule has 1 atom stereocenters. The van der Waals surface area contributed by atoms with Gasteiger partial charge in [-0.05, 0) is 55.0 Å². The van der Waals surface area contributed by atoms with Gasteiger partial charge in [-0.1, -0.05) is 32.4 Å². The number of likely N-dealkylation sites (tertiary alicyclic amines) is 1. The van der Waals surface area contributed by atoms with Crippen molar-refractivity contribution in [3.63, 3.8) is 0 Å². The average molecular weight is 245 g/mol. The van der Waals surface area contributed by atoms with Crippen molar-refractivity contribution in [2.45, 2.75) is 45.6 Å². The zero-order chi connectivity index (χ0) is 12.8. The van der Waals surface area contributed by atoms with Gasteiger partial charge in [0.05, 0.1) is 0 Å². The molecule has 1 aliphatic heterocycles. The molecule has 98 valence electrons. The number of aromatic hydroxyl groups is 1. The molecule has 1 N–H and O–H groups in total. The van der Waals surface area contributed by atoms with E-state index in [1.807, 2.05) is 12.1 Å².